The van der Waals surface area contributed by atoms with E-state index in [2.05, 4.69) is 46.9 Å². The topological polar surface area (TPSA) is 37.3 Å². The summed E-state index contributed by atoms with van der Waals surface area (Å²) in [6, 6.07) is 2.17. The maximum absolute atomic E-state index is 12.3. The van der Waals surface area contributed by atoms with Crippen molar-refractivity contribution in [1.29, 1.82) is 0 Å². The molecule has 1 N–H and O–H groups in total. The number of amides is 1. The number of nitrogens with one attached hydrogen (secondary N) is 1. The Morgan fingerprint density at radius 1 is 1.43 bits per heavy atom. The molecule has 1 aromatic rings. The quantitative estimate of drug-likeness (QED) is 0.879. The average Bonchev–Trinajstić information content (AvgIpc) is 2.83. The molecule has 0 radical (unpaired) electrons. The molecule has 4 nitrogen and oxygen atoms in total. The SMILES string of the molecule is CC1CCN(CCNC(=O)c2cc(Br)cn2C(C)C)CC1. The highest BCUT2D eigenvalue weighted by Gasteiger charge is 2.17. The zero-order chi connectivity index (χ0) is 15.4. The van der Waals surface area contributed by atoms with Crippen LogP contribution in [0.25, 0.3) is 0 Å². The Balaban J connectivity index is 1.82. The van der Waals surface area contributed by atoms with Crippen molar-refractivity contribution in [2.75, 3.05) is 26.2 Å². The van der Waals surface area contributed by atoms with E-state index < -0.39 is 0 Å². The molecule has 2 rings (SSSR count). The van der Waals surface area contributed by atoms with Crippen LogP contribution in [0.2, 0.25) is 0 Å². The summed E-state index contributed by atoms with van der Waals surface area (Å²) in [4.78, 5) is 14.7. The van der Waals surface area contributed by atoms with Crippen molar-refractivity contribution in [3.8, 4) is 0 Å². The molecule has 1 fully saturated rings. The first-order chi connectivity index (χ1) is 9.97. The van der Waals surface area contributed by atoms with Crippen molar-refractivity contribution in [2.45, 2.75) is 39.7 Å². The second-order valence-corrected chi connectivity index (χ2v) is 7.24. The molecule has 5 heteroatoms. The van der Waals surface area contributed by atoms with Gasteiger partial charge < -0.3 is 14.8 Å². The summed E-state index contributed by atoms with van der Waals surface area (Å²) in [7, 11) is 0. The van der Waals surface area contributed by atoms with Gasteiger partial charge in [0, 0.05) is 29.8 Å². The zero-order valence-corrected chi connectivity index (χ0v) is 14.8. The molecule has 0 atom stereocenters. The van der Waals surface area contributed by atoms with Crippen molar-refractivity contribution >= 4 is 21.8 Å². The molecule has 1 aromatic heterocycles. The lowest BCUT2D eigenvalue weighted by molar-refractivity contribution is 0.0934. The van der Waals surface area contributed by atoms with Crippen LogP contribution in [-0.2, 0) is 0 Å². The molecule has 1 saturated heterocycles. The Hall–Kier alpha value is -0.810. The van der Waals surface area contributed by atoms with Crippen LogP contribution in [0.5, 0.6) is 0 Å². The summed E-state index contributed by atoms with van der Waals surface area (Å²) in [5.41, 5.74) is 0.726. The number of carbonyl (C=O) groups is 1. The van der Waals surface area contributed by atoms with E-state index in [-0.39, 0.29) is 11.9 Å². The summed E-state index contributed by atoms with van der Waals surface area (Å²) in [5, 5.41) is 3.04. The minimum atomic E-state index is 0.0137. The first-order valence-corrected chi connectivity index (χ1v) is 8.64. The van der Waals surface area contributed by atoms with Crippen molar-refractivity contribution < 1.29 is 4.79 Å². The Labute approximate surface area is 136 Å². The van der Waals surface area contributed by atoms with Gasteiger partial charge in [-0.05, 0) is 67.7 Å². The minimum absolute atomic E-state index is 0.0137. The molecule has 1 amide bonds. The van der Waals surface area contributed by atoms with E-state index >= 15 is 0 Å². The first-order valence-electron chi connectivity index (χ1n) is 7.85. The third-order valence-corrected chi connectivity index (χ3v) is 4.63. The standard InChI is InChI=1S/C16H26BrN3O/c1-12(2)20-11-14(17)10-15(20)16(21)18-6-9-19-7-4-13(3)5-8-19/h10-13H,4-9H2,1-3H3,(H,18,21). The third-order valence-electron chi connectivity index (χ3n) is 4.19. The lowest BCUT2D eigenvalue weighted by atomic mass is 9.99. The molecule has 2 heterocycles. The zero-order valence-electron chi connectivity index (χ0n) is 13.2. The van der Waals surface area contributed by atoms with Crippen molar-refractivity contribution in [1.82, 2.24) is 14.8 Å². The highest BCUT2D eigenvalue weighted by molar-refractivity contribution is 9.10. The monoisotopic (exact) mass is 355 g/mol. The van der Waals surface area contributed by atoms with E-state index in [1.54, 1.807) is 0 Å². The molecule has 0 saturated carbocycles. The molecule has 0 bridgehead atoms. The second kappa shape index (κ2) is 7.45. The van der Waals surface area contributed by atoms with Crippen LogP contribution in [0.4, 0.5) is 0 Å². The molecule has 1 aliphatic rings. The number of halogens is 1. The van der Waals surface area contributed by atoms with Gasteiger partial charge in [0.25, 0.3) is 5.91 Å². The number of piperidine rings is 1. The number of nitrogens with zero attached hydrogens (tertiary/aromatic N) is 2. The van der Waals surface area contributed by atoms with Crippen LogP contribution in [-0.4, -0.2) is 41.6 Å². The van der Waals surface area contributed by atoms with Crippen LogP contribution >= 0.6 is 15.9 Å². The van der Waals surface area contributed by atoms with Gasteiger partial charge in [-0.1, -0.05) is 6.92 Å². The van der Waals surface area contributed by atoms with E-state index in [0.717, 1.165) is 35.7 Å². The molecule has 118 valence electrons. The predicted octanol–water partition coefficient (Wildman–Crippen LogP) is 3.29. The van der Waals surface area contributed by atoms with Gasteiger partial charge in [-0.3, -0.25) is 4.79 Å². The van der Waals surface area contributed by atoms with Gasteiger partial charge in [0.15, 0.2) is 0 Å². The predicted molar refractivity (Wildman–Crippen MR) is 89.7 cm³/mol. The fourth-order valence-electron chi connectivity index (χ4n) is 2.76. The lowest BCUT2D eigenvalue weighted by Gasteiger charge is -2.30. The molecule has 0 spiro atoms. The lowest BCUT2D eigenvalue weighted by Crippen LogP contribution is -2.39. The molecule has 21 heavy (non-hydrogen) atoms. The fourth-order valence-corrected chi connectivity index (χ4v) is 3.20. The number of likely N-dealkylation sites (tertiary alicyclic amines) is 1. The molecule has 0 unspecified atom stereocenters. The summed E-state index contributed by atoms with van der Waals surface area (Å²) >= 11 is 3.45. The van der Waals surface area contributed by atoms with E-state index in [4.69, 9.17) is 0 Å². The summed E-state index contributed by atoms with van der Waals surface area (Å²) in [6.45, 7) is 10.5. The maximum Gasteiger partial charge on any atom is 0.268 e. The minimum Gasteiger partial charge on any atom is -0.349 e. The van der Waals surface area contributed by atoms with Crippen LogP contribution < -0.4 is 5.32 Å². The average molecular weight is 356 g/mol. The molecular weight excluding hydrogens is 330 g/mol. The first kappa shape index (κ1) is 16.6. The molecular formula is C16H26BrN3O. The Morgan fingerprint density at radius 3 is 2.71 bits per heavy atom. The van der Waals surface area contributed by atoms with Crippen LogP contribution in [0.3, 0.4) is 0 Å². The summed E-state index contributed by atoms with van der Waals surface area (Å²) < 4.78 is 2.95. The van der Waals surface area contributed by atoms with Gasteiger partial charge in [0.2, 0.25) is 0 Å². The number of hydrogen-bond donors (Lipinski definition) is 1. The van der Waals surface area contributed by atoms with E-state index in [1.807, 2.05) is 16.8 Å². The van der Waals surface area contributed by atoms with Gasteiger partial charge >= 0.3 is 0 Å². The number of rotatable bonds is 5. The van der Waals surface area contributed by atoms with Crippen LogP contribution in [0.1, 0.15) is 50.1 Å². The van der Waals surface area contributed by atoms with Crippen molar-refractivity contribution in [3.63, 3.8) is 0 Å². The third kappa shape index (κ3) is 4.58. The summed E-state index contributed by atoms with van der Waals surface area (Å²) in [6.07, 6.45) is 4.51. The van der Waals surface area contributed by atoms with Crippen LogP contribution in [0.15, 0.2) is 16.7 Å². The highest BCUT2D eigenvalue weighted by atomic mass is 79.9. The van der Waals surface area contributed by atoms with Gasteiger partial charge in [-0.25, -0.2) is 0 Å². The smallest absolute Gasteiger partial charge is 0.268 e. The van der Waals surface area contributed by atoms with Gasteiger partial charge in [-0.2, -0.15) is 0 Å². The molecule has 0 aliphatic carbocycles. The maximum atomic E-state index is 12.3. The number of hydrogen-bond acceptors (Lipinski definition) is 2. The molecule has 0 aromatic carbocycles. The van der Waals surface area contributed by atoms with E-state index in [0.29, 0.717) is 6.54 Å². The van der Waals surface area contributed by atoms with Crippen molar-refractivity contribution in [3.05, 3.63) is 22.4 Å². The Kier molecular flexibility index (Phi) is 5.88. The summed E-state index contributed by atoms with van der Waals surface area (Å²) in [5.74, 6) is 0.863. The van der Waals surface area contributed by atoms with Gasteiger partial charge in [0.1, 0.15) is 5.69 Å². The second-order valence-electron chi connectivity index (χ2n) is 6.32. The number of carbonyl (C=O) groups excluding carboxylic acids is 1. The van der Waals surface area contributed by atoms with Gasteiger partial charge in [-0.15, -0.1) is 0 Å². The van der Waals surface area contributed by atoms with E-state index in [9.17, 15) is 4.79 Å². The van der Waals surface area contributed by atoms with Crippen LogP contribution in [0, 0.1) is 5.92 Å². The van der Waals surface area contributed by atoms with E-state index in [1.165, 1.54) is 12.8 Å². The normalized spacial score (nSPS) is 17.4. The fraction of sp³-hybridized carbons (Fsp3) is 0.688. The highest BCUT2D eigenvalue weighted by Crippen LogP contribution is 2.19. The Morgan fingerprint density at radius 2 is 2.10 bits per heavy atom. The number of aromatic nitrogens is 1. The molecule has 1 aliphatic heterocycles. The largest absolute Gasteiger partial charge is 0.349 e. The van der Waals surface area contributed by atoms with Gasteiger partial charge in [0.05, 0.1) is 0 Å². The Bertz CT molecular complexity index is 476. The van der Waals surface area contributed by atoms with Crippen molar-refractivity contribution in [2.24, 2.45) is 5.92 Å².